The molecule has 4 aromatic rings. The van der Waals surface area contributed by atoms with Crippen molar-refractivity contribution in [2.24, 2.45) is 0 Å². The number of nitrogens with zero attached hydrogens (tertiary/aromatic N) is 5. The summed E-state index contributed by atoms with van der Waals surface area (Å²) in [6.45, 7) is 2.22. The summed E-state index contributed by atoms with van der Waals surface area (Å²) in [6, 6.07) is 14.6. The van der Waals surface area contributed by atoms with Crippen molar-refractivity contribution in [3.63, 3.8) is 0 Å². The molecule has 0 saturated carbocycles. The quantitative estimate of drug-likeness (QED) is 0.270. The zero-order valence-electron chi connectivity index (χ0n) is 17.8. The molecule has 10 nitrogen and oxygen atoms in total. The molecule has 2 aromatic carbocycles. The lowest BCUT2D eigenvalue weighted by Crippen LogP contribution is -2.15. The standard InChI is InChI=1S/C22H18Cl2N6O4/c1-14-10-21(27-29(14)12-15-6-7-16(23)17(24)11-15)25-22(31)18-8-9-28(26-18)13-34-20-5-3-2-4-19(20)30(32)33/h2-11H,12-13H2,1H3,(H,25,27,31). The summed E-state index contributed by atoms with van der Waals surface area (Å²) in [5.74, 6) is 0.0221. The fraction of sp³-hybridized carbons (Fsp3) is 0.136. The lowest BCUT2D eigenvalue weighted by atomic mass is 10.2. The van der Waals surface area contributed by atoms with Gasteiger partial charge in [-0.25, -0.2) is 4.68 Å². The van der Waals surface area contributed by atoms with Crippen LogP contribution >= 0.6 is 23.2 Å². The number of nitrogens with one attached hydrogen (secondary N) is 1. The van der Waals surface area contributed by atoms with Gasteiger partial charge in [0.15, 0.2) is 24.0 Å². The molecule has 2 aromatic heterocycles. The fourth-order valence-corrected chi connectivity index (χ4v) is 3.46. The molecular weight excluding hydrogens is 483 g/mol. The highest BCUT2D eigenvalue weighted by atomic mass is 35.5. The highest BCUT2D eigenvalue weighted by Gasteiger charge is 2.16. The largest absolute Gasteiger partial charge is 0.464 e. The van der Waals surface area contributed by atoms with Gasteiger partial charge in [0.05, 0.1) is 21.5 Å². The van der Waals surface area contributed by atoms with Gasteiger partial charge in [-0.05, 0) is 36.8 Å². The number of ether oxygens (including phenoxy) is 1. The highest BCUT2D eigenvalue weighted by molar-refractivity contribution is 6.42. The first kappa shape index (κ1) is 23.3. The van der Waals surface area contributed by atoms with Gasteiger partial charge < -0.3 is 10.1 Å². The van der Waals surface area contributed by atoms with Crippen LogP contribution < -0.4 is 10.1 Å². The second-order valence-corrected chi connectivity index (χ2v) is 8.08. The molecule has 0 spiro atoms. The van der Waals surface area contributed by atoms with Gasteiger partial charge in [-0.15, -0.1) is 0 Å². The van der Waals surface area contributed by atoms with Crippen LogP contribution in [0, 0.1) is 17.0 Å². The van der Waals surface area contributed by atoms with Crippen LogP contribution in [0.3, 0.4) is 0 Å². The van der Waals surface area contributed by atoms with Crippen LogP contribution in [-0.4, -0.2) is 30.4 Å². The number of hydrogen-bond donors (Lipinski definition) is 1. The average molecular weight is 501 g/mol. The molecule has 0 aliphatic heterocycles. The predicted molar refractivity (Wildman–Crippen MR) is 126 cm³/mol. The van der Waals surface area contributed by atoms with Crippen molar-refractivity contribution in [3.05, 3.63) is 97.9 Å². The number of aryl methyl sites for hydroxylation is 1. The maximum absolute atomic E-state index is 12.6. The molecule has 174 valence electrons. The molecule has 12 heteroatoms. The first-order valence-electron chi connectivity index (χ1n) is 9.99. The lowest BCUT2D eigenvalue weighted by Gasteiger charge is -2.06. The Hall–Kier alpha value is -3.89. The Morgan fingerprint density at radius 3 is 2.68 bits per heavy atom. The third kappa shape index (κ3) is 5.36. The van der Waals surface area contributed by atoms with Crippen LogP contribution in [-0.2, 0) is 13.3 Å². The number of carbonyl (C=O) groups excluding carboxylic acids is 1. The number of hydrogen-bond acceptors (Lipinski definition) is 6. The van der Waals surface area contributed by atoms with E-state index in [1.807, 2.05) is 13.0 Å². The fourth-order valence-electron chi connectivity index (χ4n) is 3.14. The van der Waals surface area contributed by atoms with Gasteiger partial charge in [0.1, 0.15) is 0 Å². The minimum Gasteiger partial charge on any atom is -0.464 e. The molecule has 4 rings (SSSR count). The summed E-state index contributed by atoms with van der Waals surface area (Å²) < 4.78 is 8.57. The summed E-state index contributed by atoms with van der Waals surface area (Å²) >= 11 is 12.0. The number of nitro benzene ring substituents is 1. The van der Waals surface area contributed by atoms with Crippen LogP contribution in [0.15, 0.2) is 60.8 Å². The molecule has 0 aliphatic rings. The molecule has 0 unspecified atom stereocenters. The van der Waals surface area contributed by atoms with Crippen LogP contribution in [0.4, 0.5) is 11.5 Å². The Morgan fingerprint density at radius 2 is 1.91 bits per heavy atom. The van der Waals surface area contributed by atoms with Crippen LogP contribution in [0.1, 0.15) is 21.7 Å². The van der Waals surface area contributed by atoms with E-state index in [1.165, 1.54) is 29.1 Å². The van der Waals surface area contributed by atoms with Crippen molar-refractivity contribution in [2.45, 2.75) is 20.2 Å². The Balaban J connectivity index is 1.39. The molecule has 0 aliphatic carbocycles. The number of rotatable bonds is 8. The van der Waals surface area contributed by atoms with E-state index in [0.29, 0.717) is 22.4 Å². The van der Waals surface area contributed by atoms with Crippen molar-refractivity contribution in [2.75, 3.05) is 5.32 Å². The summed E-state index contributed by atoms with van der Waals surface area (Å²) in [5.41, 5.74) is 1.74. The second kappa shape index (κ2) is 9.94. The minimum absolute atomic E-state index is 0.102. The third-order valence-corrected chi connectivity index (χ3v) is 5.57. The van der Waals surface area contributed by atoms with E-state index in [0.717, 1.165) is 11.3 Å². The van der Waals surface area contributed by atoms with E-state index in [4.69, 9.17) is 27.9 Å². The summed E-state index contributed by atoms with van der Waals surface area (Å²) in [6.07, 6.45) is 1.54. The van der Waals surface area contributed by atoms with E-state index in [9.17, 15) is 14.9 Å². The second-order valence-electron chi connectivity index (χ2n) is 7.27. The highest BCUT2D eigenvalue weighted by Crippen LogP contribution is 2.26. The van der Waals surface area contributed by atoms with E-state index in [-0.39, 0.29) is 23.9 Å². The Kier molecular flexibility index (Phi) is 6.80. The first-order valence-corrected chi connectivity index (χ1v) is 10.7. The van der Waals surface area contributed by atoms with Gasteiger partial charge in [-0.1, -0.05) is 41.4 Å². The number of nitro groups is 1. The molecule has 0 saturated heterocycles. The molecule has 0 fully saturated rings. The van der Waals surface area contributed by atoms with E-state index in [2.05, 4.69) is 15.5 Å². The Bertz CT molecular complexity index is 1370. The molecule has 0 radical (unpaired) electrons. The Labute approximate surface area is 203 Å². The van der Waals surface area contributed by atoms with Crippen molar-refractivity contribution < 1.29 is 14.5 Å². The Morgan fingerprint density at radius 1 is 1.12 bits per heavy atom. The first-order chi connectivity index (χ1) is 16.3. The number of amides is 1. The van der Waals surface area contributed by atoms with Gasteiger partial charge in [-0.2, -0.15) is 10.2 Å². The maximum atomic E-state index is 12.6. The van der Waals surface area contributed by atoms with Gasteiger partial charge in [0.25, 0.3) is 5.91 Å². The van der Waals surface area contributed by atoms with Crippen molar-refractivity contribution >= 4 is 40.6 Å². The molecule has 34 heavy (non-hydrogen) atoms. The number of anilines is 1. The van der Waals surface area contributed by atoms with E-state index in [1.54, 1.807) is 35.0 Å². The number of aromatic nitrogens is 4. The van der Waals surface area contributed by atoms with Crippen molar-refractivity contribution in [1.29, 1.82) is 0 Å². The maximum Gasteiger partial charge on any atom is 0.311 e. The number of para-hydroxylation sites is 2. The zero-order chi connectivity index (χ0) is 24.2. The van der Waals surface area contributed by atoms with Crippen LogP contribution in [0.25, 0.3) is 0 Å². The summed E-state index contributed by atoms with van der Waals surface area (Å²) in [5, 5.41) is 23.3. The predicted octanol–water partition coefficient (Wildman–Crippen LogP) is 4.94. The molecular formula is C22H18Cl2N6O4. The molecule has 1 amide bonds. The SMILES string of the molecule is Cc1cc(NC(=O)c2ccn(COc3ccccc3[N+](=O)[O-])n2)nn1Cc1ccc(Cl)c(Cl)c1. The lowest BCUT2D eigenvalue weighted by molar-refractivity contribution is -0.386. The van der Waals surface area contributed by atoms with Gasteiger partial charge in [-0.3, -0.25) is 19.6 Å². The monoisotopic (exact) mass is 500 g/mol. The third-order valence-electron chi connectivity index (χ3n) is 4.83. The molecule has 0 atom stereocenters. The number of benzene rings is 2. The minimum atomic E-state index is -0.528. The number of halogens is 2. The van der Waals surface area contributed by atoms with E-state index < -0.39 is 10.8 Å². The smallest absolute Gasteiger partial charge is 0.311 e. The number of carbonyl (C=O) groups is 1. The van der Waals surface area contributed by atoms with Crippen LogP contribution in [0.5, 0.6) is 5.75 Å². The normalized spacial score (nSPS) is 10.8. The van der Waals surface area contributed by atoms with E-state index >= 15 is 0 Å². The summed E-state index contributed by atoms with van der Waals surface area (Å²) in [4.78, 5) is 23.2. The van der Waals surface area contributed by atoms with Crippen LogP contribution in [0.2, 0.25) is 10.0 Å². The van der Waals surface area contributed by atoms with Gasteiger partial charge in [0.2, 0.25) is 0 Å². The molecule has 1 N–H and O–H groups in total. The summed E-state index contributed by atoms with van der Waals surface area (Å²) in [7, 11) is 0. The zero-order valence-corrected chi connectivity index (χ0v) is 19.3. The molecule has 2 heterocycles. The van der Waals surface area contributed by atoms with Gasteiger partial charge in [0, 0.05) is 24.0 Å². The molecule has 0 bridgehead atoms. The van der Waals surface area contributed by atoms with Crippen molar-refractivity contribution in [3.8, 4) is 5.75 Å². The average Bonchev–Trinajstić information content (AvgIpc) is 3.41. The van der Waals surface area contributed by atoms with Gasteiger partial charge >= 0.3 is 5.69 Å². The topological polar surface area (TPSA) is 117 Å². The van der Waals surface area contributed by atoms with Crippen molar-refractivity contribution in [1.82, 2.24) is 19.6 Å².